The molecule has 0 aliphatic heterocycles. The third kappa shape index (κ3) is 4.19. The summed E-state index contributed by atoms with van der Waals surface area (Å²) in [5.74, 6) is 0. The van der Waals surface area contributed by atoms with Gasteiger partial charge in [-0.3, -0.25) is 0 Å². The molecule has 0 saturated heterocycles. The predicted molar refractivity (Wildman–Crippen MR) is 79.8 cm³/mol. The van der Waals surface area contributed by atoms with Gasteiger partial charge in [0, 0.05) is 22.5 Å². The van der Waals surface area contributed by atoms with Crippen molar-refractivity contribution in [3.8, 4) is 0 Å². The Bertz CT molecular complexity index is 527. The van der Waals surface area contributed by atoms with Crippen LogP contribution in [0.3, 0.4) is 0 Å². The molecule has 0 aliphatic rings. The normalized spacial score (nSPS) is 10.4. The molecule has 4 nitrogen and oxygen atoms in total. The van der Waals surface area contributed by atoms with Crippen LogP contribution in [0.25, 0.3) is 0 Å². The van der Waals surface area contributed by atoms with Crippen LogP contribution in [0.1, 0.15) is 16.7 Å². The Kier molecular flexibility index (Phi) is 5.18. The second-order valence-corrected chi connectivity index (χ2v) is 6.56. The molecule has 0 aromatic carbocycles. The fraction of sp³-hybridized carbons (Fsp3) is 0.333. The van der Waals surface area contributed by atoms with Crippen LogP contribution in [0.15, 0.2) is 23.7 Å². The smallest absolute Gasteiger partial charge is 0.318 e. The minimum Gasteiger partial charge on any atom is -0.333 e. The van der Waals surface area contributed by atoms with Gasteiger partial charge in [-0.1, -0.05) is 17.7 Å². The number of hydrogen-bond acceptors (Lipinski definition) is 4. The van der Waals surface area contributed by atoms with Gasteiger partial charge in [0.05, 0.1) is 13.1 Å². The van der Waals surface area contributed by atoms with E-state index in [0.717, 1.165) is 4.88 Å². The van der Waals surface area contributed by atoms with E-state index in [4.69, 9.17) is 11.6 Å². The molecule has 0 saturated carbocycles. The number of amides is 2. The fourth-order valence-corrected chi connectivity index (χ4v) is 3.19. The van der Waals surface area contributed by atoms with Crippen molar-refractivity contribution in [1.29, 1.82) is 0 Å². The standard InChI is InChI=1S/C12H14ClN3OS2/c1-2-16(8-9-4-3-5-18-9)12(17)15-7-10-6-14-11(13)19-10/h3-6H,2,7-8H2,1H3,(H,15,17). The third-order valence-corrected chi connectivity index (χ3v) is 4.51. The van der Waals surface area contributed by atoms with Crippen molar-refractivity contribution < 1.29 is 4.79 Å². The molecule has 0 aliphatic carbocycles. The van der Waals surface area contributed by atoms with E-state index < -0.39 is 0 Å². The van der Waals surface area contributed by atoms with Crippen molar-refractivity contribution in [2.75, 3.05) is 6.54 Å². The molecule has 0 bridgehead atoms. The SMILES string of the molecule is CCN(Cc1cccs1)C(=O)NCc1cnc(Cl)s1. The predicted octanol–water partition coefficient (Wildman–Crippen LogP) is 3.59. The average molecular weight is 316 g/mol. The van der Waals surface area contributed by atoms with Crippen molar-refractivity contribution in [1.82, 2.24) is 15.2 Å². The highest BCUT2D eigenvalue weighted by atomic mass is 35.5. The van der Waals surface area contributed by atoms with Gasteiger partial charge < -0.3 is 10.2 Å². The van der Waals surface area contributed by atoms with Gasteiger partial charge in [0.2, 0.25) is 0 Å². The first kappa shape index (κ1) is 14.3. The number of rotatable bonds is 5. The number of aromatic nitrogens is 1. The summed E-state index contributed by atoms with van der Waals surface area (Å²) in [6.45, 7) is 3.75. The number of halogens is 1. The summed E-state index contributed by atoms with van der Waals surface area (Å²) in [7, 11) is 0. The minimum atomic E-state index is -0.0691. The summed E-state index contributed by atoms with van der Waals surface area (Å²) >= 11 is 8.78. The fourth-order valence-electron chi connectivity index (χ4n) is 1.56. The van der Waals surface area contributed by atoms with Gasteiger partial charge in [0.1, 0.15) is 0 Å². The summed E-state index contributed by atoms with van der Waals surface area (Å²) in [6.07, 6.45) is 1.68. The molecule has 0 radical (unpaired) electrons. The molecule has 7 heteroatoms. The molecule has 0 spiro atoms. The zero-order valence-electron chi connectivity index (χ0n) is 10.4. The van der Waals surface area contributed by atoms with E-state index >= 15 is 0 Å². The molecule has 0 fully saturated rings. The summed E-state index contributed by atoms with van der Waals surface area (Å²) in [5.41, 5.74) is 0. The number of carbonyl (C=O) groups excluding carboxylic acids is 1. The van der Waals surface area contributed by atoms with Crippen LogP contribution in [-0.4, -0.2) is 22.5 Å². The first-order valence-electron chi connectivity index (χ1n) is 5.84. The zero-order chi connectivity index (χ0) is 13.7. The molecule has 102 valence electrons. The second-order valence-electron chi connectivity index (χ2n) is 3.83. The number of nitrogens with zero attached hydrogens (tertiary/aromatic N) is 2. The number of carbonyl (C=O) groups is 1. The molecule has 2 rings (SSSR count). The number of thiophene rings is 1. The van der Waals surface area contributed by atoms with Crippen molar-refractivity contribution in [2.45, 2.75) is 20.0 Å². The molecule has 19 heavy (non-hydrogen) atoms. The summed E-state index contributed by atoms with van der Waals surface area (Å²) in [4.78, 5) is 19.9. The minimum absolute atomic E-state index is 0.0691. The topological polar surface area (TPSA) is 45.2 Å². The lowest BCUT2D eigenvalue weighted by Crippen LogP contribution is -2.38. The molecule has 2 aromatic heterocycles. The van der Waals surface area contributed by atoms with Crippen LogP contribution in [0.4, 0.5) is 4.79 Å². The molecule has 0 atom stereocenters. The van der Waals surface area contributed by atoms with E-state index in [2.05, 4.69) is 10.3 Å². The van der Waals surface area contributed by atoms with Gasteiger partial charge in [-0.05, 0) is 18.4 Å². The van der Waals surface area contributed by atoms with Gasteiger partial charge >= 0.3 is 6.03 Å². The van der Waals surface area contributed by atoms with Gasteiger partial charge in [-0.25, -0.2) is 9.78 Å². The quantitative estimate of drug-likeness (QED) is 0.916. The Morgan fingerprint density at radius 3 is 2.95 bits per heavy atom. The Morgan fingerprint density at radius 2 is 2.37 bits per heavy atom. The summed E-state index contributed by atoms with van der Waals surface area (Å²) < 4.78 is 0.496. The van der Waals surface area contributed by atoms with Crippen LogP contribution in [-0.2, 0) is 13.1 Å². The van der Waals surface area contributed by atoms with Crippen LogP contribution < -0.4 is 5.32 Å². The largest absolute Gasteiger partial charge is 0.333 e. The van der Waals surface area contributed by atoms with Crippen LogP contribution in [0, 0.1) is 0 Å². The maximum Gasteiger partial charge on any atom is 0.318 e. The molecule has 2 amide bonds. The first-order chi connectivity index (χ1) is 9.19. The van der Waals surface area contributed by atoms with Crippen molar-refractivity contribution >= 4 is 40.3 Å². The Labute approximate surface area is 125 Å². The lowest BCUT2D eigenvalue weighted by atomic mass is 10.4. The Balaban J connectivity index is 1.86. The van der Waals surface area contributed by atoms with Gasteiger partial charge in [0.15, 0.2) is 4.47 Å². The highest BCUT2D eigenvalue weighted by Crippen LogP contribution is 2.17. The van der Waals surface area contributed by atoms with Crippen LogP contribution >= 0.6 is 34.3 Å². The van der Waals surface area contributed by atoms with Crippen molar-refractivity contribution in [3.05, 3.63) is 37.9 Å². The van der Waals surface area contributed by atoms with Gasteiger partial charge in [0.25, 0.3) is 0 Å². The lowest BCUT2D eigenvalue weighted by Gasteiger charge is -2.20. The molecule has 1 N–H and O–H groups in total. The summed E-state index contributed by atoms with van der Waals surface area (Å²) in [6, 6.07) is 3.95. The van der Waals surface area contributed by atoms with Gasteiger partial charge in [-0.15, -0.1) is 22.7 Å². The van der Waals surface area contributed by atoms with E-state index in [1.165, 1.54) is 16.2 Å². The maximum absolute atomic E-state index is 12.1. The first-order valence-corrected chi connectivity index (χ1v) is 7.91. The zero-order valence-corrected chi connectivity index (χ0v) is 12.8. The van der Waals surface area contributed by atoms with E-state index in [9.17, 15) is 4.79 Å². The van der Waals surface area contributed by atoms with Crippen LogP contribution in [0.5, 0.6) is 0 Å². The van der Waals surface area contributed by atoms with E-state index in [1.807, 2.05) is 24.4 Å². The average Bonchev–Trinajstić information content (AvgIpc) is 3.04. The second kappa shape index (κ2) is 6.88. The van der Waals surface area contributed by atoms with Crippen molar-refractivity contribution in [3.63, 3.8) is 0 Å². The van der Waals surface area contributed by atoms with E-state index in [0.29, 0.717) is 24.1 Å². The van der Waals surface area contributed by atoms with E-state index in [-0.39, 0.29) is 6.03 Å². The van der Waals surface area contributed by atoms with Crippen LogP contribution in [0.2, 0.25) is 4.47 Å². The van der Waals surface area contributed by atoms with Crippen molar-refractivity contribution in [2.24, 2.45) is 0 Å². The van der Waals surface area contributed by atoms with Gasteiger partial charge in [-0.2, -0.15) is 0 Å². The highest BCUT2D eigenvalue weighted by Gasteiger charge is 2.12. The summed E-state index contributed by atoms with van der Waals surface area (Å²) in [5, 5.41) is 4.89. The molecule has 2 heterocycles. The third-order valence-electron chi connectivity index (χ3n) is 2.53. The number of thiazole rings is 1. The number of urea groups is 1. The number of hydrogen-bond donors (Lipinski definition) is 1. The molecule has 0 unspecified atom stereocenters. The highest BCUT2D eigenvalue weighted by molar-refractivity contribution is 7.15. The molecule has 2 aromatic rings. The Morgan fingerprint density at radius 1 is 1.53 bits per heavy atom. The van der Waals surface area contributed by atoms with E-state index in [1.54, 1.807) is 22.4 Å². The monoisotopic (exact) mass is 315 g/mol. The lowest BCUT2D eigenvalue weighted by molar-refractivity contribution is 0.198. The maximum atomic E-state index is 12.1. The Hall–Kier alpha value is -1.11. The molecular weight excluding hydrogens is 302 g/mol. The number of nitrogens with one attached hydrogen (secondary N) is 1. The molecular formula is C12H14ClN3OS2.